The molecule has 0 amide bonds. The number of halogens is 1. The molecule has 6 nitrogen and oxygen atoms in total. The van der Waals surface area contributed by atoms with Crippen LogP contribution in [-0.2, 0) is 14.3 Å². The van der Waals surface area contributed by atoms with E-state index in [0.29, 0.717) is 17.2 Å². The number of fused-ring (bicyclic) bond motifs is 4. The van der Waals surface area contributed by atoms with Crippen LogP contribution in [0.25, 0.3) is 16.3 Å². The molecule has 0 unspecified atom stereocenters. The highest BCUT2D eigenvalue weighted by Crippen LogP contribution is 2.49. The molecule has 0 aromatic heterocycles. The van der Waals surface area contributed by atoms with Gasteiger partial charge in [0.15, 0.2) is 23.9 Å². The van der Waals surface area contributed by atoms with Gasteiger partial charge >= 0.3 is 5.97 Å². The van der Waals surface area contributed by atoms with Gasteiger partial charge in [0, 0.05) is 23.2 Å². The van der Waals surface area contributed by atoms with E-state index in [9.17, 15) is 9.59 Å². The Morgan fingerprint density at radius 3 is 2.77 bits per heavy atom. The first-order valence-corrected chi connectivity index (χ1v) is 12.1. The molecule has 2 aliphatic rings. The Hall–Kier alpha value is -3.51. The van der Waals surface area contributed by atoms with Gasteiger partial charge in [0.05, 0.1) is 24.8 Å². The quantitative estimate of drug-likeness (QED) is 0.419. The largest absolute Gasteiger partial charge is 0.493 e. The van der Waals surface area contributed by atoms with Crippen LogP contribution in [0.2, 0.25) is 5.02 Å². The topological polar surface area (TPSA) is 73.9 Å². The number of carbonyl (C=O) groups excluding carboxylic acids is 2. The summed E-state index contributed by atoms with van der Waals surface area (Å²) in [5.41, 5.74) is 4.75. The zero-order valence-electron chi connectivity index (χ0n) is 19.7. The van der Waals surface area contributed by atoms with Gasteiger partial charge in [-0.25, -0.2) is 4.79 Å². The molecular formula is C28H26ClNO5. The summed E-state index contributed by atoms with van der Waals surface area (Å²) >= 11 is 6.60. The Labute approximate surface area is 208 Å². The van der Waals surface area contributed by atoms with Crippen molar-refractivity contribution in [2.24, 2.45) is 0 Å². The van der Waals surface area contributed by atoms with Crippen molar-refractivity contribution >= 4 is 45.4 Å². The molecule has 3 aromatic carbocycles. The number of allylic oxidation sites excluding steroid dienone is 1. The molecular weight excluding hydrogens is 466 g/mol. The third-order valence-corrected chi connectivity index (χ3v) is 6.78. The highest BCUT2D eigenvalue weighted by atomic mass is 35.5. The van der Waals surface area contributed by atoms with E-state index < -0.39 is 5.97 Å². The van der Waals surface area contributed by atoms with Crippen LogP contribution in [0.15, 0.2) is 54.1 Å². The molecule has 5 rings (SSSR count). The Morgan fingerprint density at radius 1 is 1.14 bits per heavy atom. The van der Waals surface area contributed by atoms with Gasteiger partial charge in [0.25, 0.3) is 0 Å². The summed E-state index contributed by atoms with van der Waals surface area (Å²) in [6, 6.07) is 15.6. The molecule has 0 bridgehead atoms. The van der Waals surface area contributed by atoms with Gasteiger partial charge in [0.1, 0.15) is 0 Å². The number of hydrogen-bond donors (Lipinski definition) is 1. The summed E-state index contributed by atoms with van der Waals surface area (Å²) in [5, 5.41) is 6.16. The molecule has 1 N–H and O–H groups in total. The second kappa shape index (κ2) is 9.62. The molecule has 0 fully saturated rings. The van der Waals surface area contributed by atoms with Crippen LogP contribution >= 0.6 is 11.6 Å². The lowest BCUT2D eigenvalue weighted by molar-refractivity contribution is -0.145. The lowest BCUT2D eigenvalue weighted by Gasteiger charge is -2.35. The first-order chi connectivity index (χ1) is 17.0. The van der Waals surface area contributed by atoms with E-state index in [0.717, 1.165) is 51.6 Å². The molecule has 3 aromatic rings. The van der Waals surface area contributed by atoms with Crippen LogP contribution in [0.5, 0.6) is 11.5 Å². The van der Waals surface area contributed by atoms with E-state index in [2.05, 4.69) is 29.6 Å². The van der Waals surface area contributed by atoms with E-state index in [1.54, 1.807) is 13.0 Å². The minimum Gasteiger partial charge on any atom is -0.493 e. The predicted octanol–water partition coefficient (Wildman–Crippen LogP) is 6.12. The molecule has 1 heterocycles. The SMILES string of the molecule is CCOC(=O)COc1c(Cl)cc([C@H]2Nc3ccc4ccccc4c3C3=C2C(=O)CCC3)cc1OC. The average Bonchev–Trinajstić information content (AvgIpc) is 2.87. The zero-order valence-corrected chi connectivity index (χ0v) is 20.4. The second-order valence-corrected chi connectivity index (χ2v) is 8.99. The molecule has 0 saturated heterocycles. The summed E-state index contributed by atoms with van der Waals surface area (Å²) in [6.07, 6.45) is 2.19. The van der Waals surface area contributed by atoms with Crippen molar-refractivity contribution in [2.75, 3.05) is 25.6 Å². The molecule has 1 aliphatic carbocycles. The van der Waals surface area contributed by atoms with Crippen LogP contribution in [0, 0.1) is 0 Å². The minimum absolute atomic E-state index is 0.139. The van der Waals surface area contributed by atoms with E-state index in [4.69, 9.17) is 25.8 Å². The molecule has 0 spiro atoms. The number of esters is 1. The third kappa shape index (κ3) is 4.23. The molecule has 180 valence electrons. The Balaban J connectivity index is 1.59. The molecule has 1 atom stereocenters. The second-order valence-electron chi connectivity index (χ2n) is 8.58. The molecule has 7 heteroatoms. The highest BCUT2D eigenvalue weighted by Gasteiger charge is 2.35. The summed E-state index contributed by atoms with van der Waals surface area (Å²) in [5.74, 6) is 0.292. The van der Waals surface area contributed by atoms with Crippen molar-refractivity contribution in [1.29, 1.82) is 0 Å². The molecule has 35 heavy (non-hydrogen) atoms. The van der Waals surface area contributed by atoms with Crippen LogP contribution < -0.4 is 14.8 Å². The Morgan fingerprint density at radius 2 is 1.97 bits per heavy atom. The number of rotatable bonds is 6. The van der Waals surface area contributed by atoms with E-state index in [1.807, 2.05) is 18.2 Å². The summed E-state index contributed by atoms with van der Waals surface area (Å²) < 4.78 is 16.1. The molecule has 0 saturated carbocycles. The van der Waals surface area contributed by atoms with Crippen molar-refractivity contribution in [1.82, 2.24) is 0 Å². The standard InChI is InChI=1S/C28H26ClNO5/c1-3-34-24(32)15-35-28-20(29)13-17(14-23(28)33-2)27-26-19(9-6-10-22(26)31)25-18-8-5-4-7-16(18)11-12-21(25)30-27/h4-5,7-8,11-14,27,30H,3,6,9-10,15H2,1-2H3/t27-/m1/s1. The summed E-state index contributed by atoms with van der Waals surface area (Å²) in [4.78, 5) is 25.0. The van der Waals surface area contributed by atoms with Crippen molar-refractivity contribution in [3.8, 4) is 11.5 Å². The smallest absolute Gasteiger partial charge is 0.344 e. The summed E-state index contributed by atoms with van der Waals surface area (Å²) in [7, 11) is 1.51. The summed E-state index contributed by atoms with van der Waals surface area (Å²) in [6.45, 7) is 1.72. The zero-order chi connectivity index (χ0) is 24.5. The van der Waals surface area contributed by atoms with E-state index >= 15 is 0 Å². The van der Waals surface area contributed by atoms with Gasteiger partial charge < -0.3 is 19.5 Å². The van der Waals surface area contributed by atoms with Gasteiger partial charge in [-0.15, -0.1) is 0 Å². The van der Waals surface area contributed by atoms with Crippen LogP contribution in [0.3, 0.4) is 0 Å². The lowest BCUT2D eigenvalue weighted by atomic mass is 9.77. The predicted molar refractivity (Wildman–Crippen MR) is 136 cm³/mol. The Bertz CT molecular complexity index is 1360. The van der Waals surface area contributed by atoms with Crippen LogP contribution in [0.4, 0.5) is 5.69 Å². The third-order valence-electron chi connectivity index (χ3n) is 6.50. The monoisotopic (exact) mass is 491 g/mol. The van der Waals surface area contributed by atoms with Gasteiger partial charge in [-0.3, -0.25) is 4.79 Å². The maximum Gasteiger partial charge on any atom is 0.344 e. The van der Waals surface area contributed by atoms with Gasteiger partial charge in [-0.05, 0) is 59.9 Å². The first-order valence-electron chi connectivity index (χ1n) is 11.7. The normalized spacial score (nSPS) is 16.9. The number of anilines is 1. The van der Waals surface area contributed by atoms with Gasteiger partial charge in [0.2, 0.25) is 0 Å². The average molecular weight is 492 g/mol. The fourth-order valence-electron chi connectivity index (χ4n) is 5.03. The van der Waals surface area contributed by atoms with E-state index in [1.165, 1.54) is 7.11 Å². The molecule has 0 radical (unpaired) electrons. The number of ketones is 1. The maximum atomic E-state index is 13.3. The number of ether oxygens (including phenoxy) is 3. The number of Topliss-reactive ketones (excluding diaryl/α,β-unsaturated/α-hetero) is 1. The highest BCUT2D eigenvalue weighted by molar-refractivity contribution is 6.32. The number of carbonyl (C=O) groups is 2. The minimum atomic E-state index is -0.491. The van der Waals surface area contributed by atoms with Gasteiger partial charge in [-0.2, -0.15) is 0 Å². The lowest BCUT2D eigenvalue weighted by Crippen LogP contribution is -2.27. The first kappa shape index (κ1) is 23.2. The number of methoxy groups -OCH3 is 1. The van der Waals surface area contributed by atoms with Gasteiger partial charge in [-0.1, -0.05) is 41.9 Å². The molecule has 1 aliphatic heterocycles. The number of nitrogens with one attached hydrogen (secondary N) is 1. The fourth-order valence-corrected chi connectivity index (χ4v) is 5.31. The number of benzene rings is 3. The number of hydrogen-bond acceptors (Lipinski definition) is 6. The van der Waals surface area contributed by atoms with Crippen molar-refractivity contribution < 1.29 is 23.8 Å². The van der Waals surface area contributed by atoms with Crippen LogP contribution in [-0.4, -0.2) is 32.1 Å². The Kier molecular flexibility index (Phi) is 6.39. The maximum absolute atomic E-state index is 13.3. The van der Waals surface area contributed by atoms with Crippen molar-refractivity contribution in [2.45, 2.75) is 32.2 Å². The van der Waals surface area contributed by atoms with E-state index in [-0.39, 0.29) is 30.8 Å². The van der Waals surface area contributed by atoms with Crippen molar-refractivity contribution in [3.05, 3.63) is 70.3 Å². The van der Waals surface area contributed by atoms with Crippen molar-refractivity contribution in [3.63, 3.8) is 0 Å². The van der Waals surface area contributed by atoms with Crippen LogP contribution in [0.1, 0.15) is 43.4 Å². The fraction of sp³-hybridized carbons (Fsp3) is 0.286.